The number of ether oxygens (including phenoxy) is 1. The van der Waals surface area contributed by atoms with E-state index in [0.29, 0.717) is 14.2 Å². The van der Waals surface area contributed by atoms with Gasteiger partial charge < -0.3 is 10.1 Å². The molecule has 2 aromatic rings. The van der Waals surface area contributed by atoms with Crippen LogP contribution in [0.5, 0.6) is 0 Å². The van der Waals surface area contributed by atoms with Gasteiger partial charge in [0.25, 0.3) is 5.91 Å². The van der Waals surface area contributed by atoms with Gasteiger partial charge in [-0.3, -0.25) is 4.79 Å². The molecule has 0 aliphatic heterocycles. The average molecular weight is 399 g/mol. The maximum Gasteiger partial charge on any atom is 0.348 e. The van der Waals surface area contributed by atoms with Crippen molar-refractivity contribution in [1.82, 2.24) is 0 Å². The molecule has 0 radical (unpaired) electrons. The second-order valence-corrected chi connectivity index (χ2v) is 6.94. The van der Waals surface area contributed by atoms with Gasteiger partial charge in [-0.2, -0.15) is 0 Å². The molecule has 1 N–H and O–H groups in total. The number of hydrogen-bond acceptors (Lipinski definition) is 4. The van der Waals surface area contributed by atoms with Gasteiger partial charge in [0.1, 0.15) is 4.88 Å². The van der Waals surface area contributed by atoms with Gasteiger partial charge in [-0.1, -0.05) is 46.4 Å². The first-order valence-corrected chi connectivity index (χ1v) is 8.06. The summed E-state index contributed by atoms with van der Waals surface area (Å²) in [6.45, 7) is -0.483. The minimum Gasteiger partial charge on any atom is -0.451 e. The largest absolute Gasteiger partial charge is 0.451 e. The highest BCUT2D eigenvalue weighted by Crippen LogP contribution is 2.33. The Bertz CT molecular complexity index is 709. The van der Waals surface area contributed by atoms with E-state index < -0.39 is 18.5 Å². The number of nitrogens with one attached hydrogen (secondary N) is 1. The Labute approximate surface area is 149 Å². The molecule has 116 valence electrons. The molecule has 0 fully saturated rings. The third-order valence-corrected chi connectivity index (χ3v) is 4.41. The van der Waals surface area contributed by atoms with Crippen LogP contribution in [0.15, 0.2) is 24.3 Å². The first kappa shape index (κ1) is 17.4. The monoisotopic (exact) mass is 397 g/mol. The lowest BCUT2D eigenvalue weighted by molar-refractivity contribution is -0.119. The Balaban J connectivity index is 1.95. The highest BCUT2D eigenvalue weighted by molar-refractivity contribution is 7.17. The number of hydrogen-bond donors (Lipinski definition) is 1. The Morgan fingerprint density at radius 3 is 2.27 bits per heavy atom. The number of thiophene rings is 1. The van der Waals surface area contributed by atoms with E-state index in [4.69, 9.17) is 51.1 Å². The molecule has 0 bridgehead atoms. The number of halogens is 4. The summed E-state index contributed by atoms with van der Waals surface area (Å²) in [7, 11) is 0. The summed E-state index contributed by atoms with van der Waals surface area (Å²) in [5.41, 5.74) is 0.202. The third kappa shape index (κ3) is 4.51. The van der Waals surface area contributed by atoms with E-state index in [1.807, 2.05) is 0 Å². The van der Waals surface area contributed by atoms with Crippen molar-refractivity contribution in [3.8, 4) is 0 Å². The molecule has 4 nitrogen and oxygen atoms in total. The van der Waals surface area contributed by atoms with Crippen LogP contribution in [-0.2, 0) is 9.53 Å². The fourth-order valence-electron chi connectivity index (χ4n) is 1.46. The Morgan fingerprint density at radius 2 is 1.73 bits per heavy atom. The molecular formula is C13H7Cl4NO3S. The zero-order valence-corrected chi connectivity index (χ0v) is 14.5. The number of rotatable bonds is 4. The highest BCUT2D eigenvalue weighted by atomic mass is 35.5. The lowest BCUT2D eigenvalue weighted by Gasteiger charge is -2.10. The topological polar surface area (TPSA) is 55.4 Å². The first-order chi connectivity index (χ1) is 10.4. The number of benzene rings is 1. The molecule has 0 spiro atoms. The predicted molar refractivity (Wildman–Crippen MR) is 89.7 cm³/mol. The molecule has 9 heteroatoms. The van der Waals surface area contributed by atoms with Crippen LogP contribution >= 0.6 is 57.7 Å². The van der Waals surface area contributed by atoms with Crippen LogP contribution in [-0.4, -0.2) is 18.5 Å². The second-order valence-electron chi connectivity index (χ2n) is 3.97. The molecule has 1 aromatic carbocycles. The van der Waals surface area contributed by atoms with Crippen molar-refractivity contribution < 1.29 is 14.3 Å². The minimum atomic E-state index is -0.639. The Kier molecular flexibility index (Phi) is 5.94. The molecule has 1 amide bonds. The van der Waals surface area contributed by atoms with Crippen LogP contribution in [0.1, 0.15) is 9.67 Å². The fourth-order valence-corrected chi connectivity index (χ4v) is 3.31. The summed E-state index contributed by atoms with van der Waals surface area (Å²) in [5.74, 6) is -1.22. The maximum absolute atomic E-state index is 11.8. The van der Waals surface area contributed by atoms with Gasteiger partial charge in [0.2, 0.25) is 0 Å². The first-order valence-electron chi connectivity index (χ1n) is 5.73. The molecule has 0 aliphatic carbocycles. The summed E-state index contributed by atoms with van der Waals surface area (Å²) in [6, 6.07) is 5.95. The van der Waals surface area contributed by atoms with Gasteiger partial charge in [0.05, 0.1) is 20.1 Å². The number of anilines is 1. The molecule has 0 saturated heterocycles. The molecule has 0 aliphatic rings. The van der Waals surface area contributed by atoms with Crippen molar-refractivity contribution in [3.05, 3.63) is 48.5 Å². The Hall–Kier alpha value is -0.980. The smallest absolute Gasteiger partial charge is 0.348 e. The number of amides is 1. The van der Waals surface area contributed by atoms with Gasteiger partial charge in [-0.15, -0.1) is 11.3 Å². The van der Waals surface area contributed by atoms with Crippen molar-refractivity contribution in [2.75, 3.05) is 11.9 Å². The second kappa shape index (κ2) is 7.53. The van der Waals surface area contributed by atoms with Gasteiger partial charge in [0, 0.05) is 5.02 Å². The van der Waals surface area contributed by atoms with E-state index in [1.54, 1.807) is 6.07 Å². The van der Waals surface area contributed by atoms with Crippen LogP contribution in [0.25, 0.3) is 0 Å². The molecule has 0 saturated carbocycles. The number of carbonyl (C=O) groups excluding carboxylic acids is 2. The fraction of sp³-hybridized carbons (Fsp3) is 0.0769. The zero-order valence-electron chi connectivity index (χ0n) is 10.7. The lowest BCUT2D eigenvalue weighted by atomic mass is 10.3. The molecule has 0 unspecified atom stereocenters. The Morgan fingerprint density at radius 1 is 1.09 bits per heavy atom. The summed E-state index contributed by atoms with van der Waals surface area (Å²) in [4.78, 5) is 23.8. The molecule has 2 rings (SSSR count). The normalized spacial score (nSPS) is 10.4. The van der Waals surface area contributed by atoms with Gasteiger partial charge in [0.15, 0.2) is 6.61 Å². The van der Waals surface area contributed by atoms with E-state index >= 15 is 0 Å². The predicted octanol–water partition coefficient (Wildman–Crippen LogP) is 5.16. The van der Waals surface area contributed by atoms with Crippen molar-refractivity contribution in [3.63, 3.8) is 0 Å². The van der Waals surface area contributed by atoms with Gasteiger partial charge in [-0.05, 0) is 24.3 Å². The SMILES string of the molecule is O=C(COC(=O)c1ccc(Cl)s1)Nc1c(Cl)cc(Cl)cc1Cl. The zero-order chi connectivity index (χ0) is 16.3. The van der Waals surface area contributed by atoms with E-state index in [0.717, 1.165) is 11.3 Å². The third-order valence-electron chi connectivity index (χ3n) is 2.38. The van der Waals surface area contributed by atoms with E-state index in [9.17, 15) is 9.59 Å². The molecular weight excluding hydrogens is 392 g/mol. The molecule has 1 heterocycles. The van der Waals surface area contributed by atoms with Gasteiger partial charge in [-0.25, -0.2) is 4.79 Å². The maximum atomic E-state index is 11.8. The van der Waals surface area contributed by atoms with E-state index in [-0.39, 0.29) is 15.7 Å². The number of carbonyl (C=O) groups is 2. The quantitative estimate of drug-likeness (QED) is 0.723. The summed E-state index contributed by atoms with van der Waals surface area (Å²) in [5, 5.41) is 3.16. The van der Waals surface area contributed by atoms with Crippen LogP contribution in [0.4, 0.5) is 5.69 Å². The van der Waals surface area contributed by atoms with Crippen LogP contribution in [0.3, 0.4) is 0 Å². The minimum absolute atomic E-state index is 0.183. The molecule has 0 atom stereocenters. The van der Waals surface area contributed by atoms with Crippen molar-refractivity contribution in [2.45, 2.75) is 0 Å². The van der Waals surface area contributed by atoms with Gasteiger partial charge >= 0.3 is 5.97 Å². The van der Waals surface area contributed by atoms with Crippen LogP contribution in [0, 0.1) is 0 Å². The standard InChI is InChI=1S/C13H7Cl4NO3S/c14-6-3-7(15)12(8(16)4-6)18-11(19)5-21-13(20)9-1-2-10(17)22-9/h1-4H,5H2,(H,18,19). The summed E-state index contributed by atoms with van der Waals surface area (Å²) < 4.78 is 5.32. The highest BCUT2D eigenvalue weighted by Gasteiger charge is 2.15. The van der Waals surface area contributed by atoms with E-state index in [1.165, 1.54) is 18.2 Å². The van der Waals surface area contributed by atoms with Crippen LogP contribution < -0.4 is 5.32 Å². The average Bonchev–Trinajstić information content (AvgIpc) is 2.87. The van der Waals surface area contributed by atoms with E-state index in [2.05, 4.69) is 5.32 Å². The number of esters is 1. The van der Waals surface area contributed by atoms with Crippen molar-refractivity contribution >= 4 is 75.3 Å². The lowest BCUT2D eigenvalue weighted by Crippen LogP contribution is -2.21. The van der Waals surface area contributed by atoms with Crippen molar-refractivity contribution in [2.24, 2.45) is 0 Å². The summed E-state index contributed by atoms with van der Waals surface area (Å²) in [6.07, 6.45) is 0. The van der Waals surface area contributed by atoms with Crippen molar-refractivity contribution in [1.29, 1.82) is 0 Å². The molecule has 1 aromatic heterocycles. The summed E-state index contributed by atoms with van der Waals surface area (Å²) >= 11 is 24.4. The van der Waals surface area contributed by atoms with Crippen LogP contribution in [0.2, 0.25) is 19.4 Å². The molecule has 22 heavy (non-hydrogen) atoms.